The zero-order valence-electron chi connectivity index (χ0n) is 9.95. The van der Waals surface area contributed by atoms with Gasteiger partial charge in [0, 0.05) is 17.1 Å². The van der Waals surface area contributed by atoms with Gasteiger partial charge in [0.2, 0.25) is 0 Å². The molecule has 0 heterocycles. The molecule has 0 radical (unpaired) electrons. The standard InChI is InChI=1S/C15H19N/c1-7-11-15(12-8-2)16(13(5)9-3)14(6)10-4/h7-12H,1,3-6H2,2H3/b12-8-,15-11+. The molecule has 1 nitrogen and oxygen atoms in total. The van der Waals surface area contributed by atoms with Crippen molar-refractivity contribution in [2.45, 2.75) is 6.92 Å². The minimum Gasteiger partial charge on any atom is -0.312 e. The van der Waals surface area contributed by atoms with Crippen molar-refractivity contribution in [1.29, 1.82) is 0 Å². The van der Waals surface area contributed by atoms with E-state index in [-0.39, 0.29) is 0 Å². The predicted molar refractivity (Wildman–Crippen MR) is 73.6 cm³/mol. The predicted octanol–water partition coefficient (Wildman–Crippen LogP) is 4.33. The van der Waals surface area contributed by atoms with Gasteiger partial charge in [0.1, 0.15) is 0 Å². The maximum absolute atomic E-state index is 3.92. The van der Waals surface area contributed by atoms with Crippen LogP contribution in [0.4, 0.5) is 0 Å². The van der Waals surface area contributed by atoms with E-state index in [9.17, 15) is 0 Å². The highest BCUT2D eigenvalue weighted by molar-refractivity contribution is 5.36. The molecular weight excluding hydrogens is 194 g/mol. The number of rotatable bonds is 7. The molecule has 0 unspecified atom stereocenters. The Morgan fingerprint density at radius 3 is 1.81 bits per heavy atom. The lowest BCUT2D eigenvalue weighted by atomic mass is 10.2. The van der Waals surface area contributed by atoms with Crippen LogP contribution >= 0.6 is 0 Å². The monoisotopic (exact) mass is 213 g/mol. The van der Waals surface area contributed by atoms with E-state index in [2.05, 4.69) is 32.9 Å². The Labute approximate surface area is 98.8 Å². The SMILES string of the molecule is C=C/C=C(\C=C/C)N(C(=C)C=C)C(=C)C=C. The molecule has 0 bridgehead atoms. The van der Waals surface area contributed by atoms with E-state index in [1.807, 2.05) is 30.1 Å². The Bertz CT molecular complexity index is 347. The number of hydrogen-bond acceptors (Lipinski definition) is 1. The first-order chi connectivity index (χ1) is 7.62. The summed E-state index contributed by atoms with van der Waals surface area (Å²) in [7, 11) is 0. The summed E-state index contributed by atoms with van der Waals surface area (Å²) in [6.07, 6.45) is 10.8. The third kappa shape index (κ3) is 3.62. The molecule has 0 amide bonds. The number of nitrogens with zero attached hydrogens (tertiary/aromatic N) is 1. The highest BCUT2D eigenvalue weighted by Gasteiger charge is 2.09. The van der Waals surface area contributed by atoms with Crippen LogP contribution in [0.25, 0.3) is 0 Å². The van der Waals surface area contributed by atoms with Crippen molar-refractivity contribution >= 4 is 0 Å². The molecule has 0 atom stereocenters. The summed E-state index contributed by atoms with van der Waals surface area (Å²) in [5, 5.41) is 0. The first kappa shape index (κ1) is 14.0. The molecule has 0 aliphatic heterocycles. The van der Waals surface area contributed by atoms with Gasteiger partial charge in [-0.05, 0) is 31.2 Å². The van der Waals surface area contributed by atoms with Gasteiger partial charge in [0.15, 0.2) is 0 Å². The molecule has 84 valence electrons. The third-order valence-electron chi connectivity index (χ3n) is 1.93. The summed E-state index contributed by atoms with van der Waals surface area (Å²) in [5.41, 5.74) is 2.42. The first-order valence-corrected chi connectivity index (χ1v) is 5.00. The molecule has 0 aromatic heterocycles. The van der Waals surface area contributed by atoms with Gasteiger partial charge in [-0.25, -0.2) is 0 Å². The van der Waals surface area contributed by atoms with Gasteiger partial charge in [0.25, 0.3) is 0 Å². The molecule has 0 saturated heterocycles. The Morgan fingerprint density at radius 1 is 1.00 bits per heavy atom. The minimum atomic E-state index is 0.746. The summed E-state index contributed by atoms with van der Waals surface area (Å²) in [6, 6.07) is 0. The average molecular weight is 213 g/mol. The summed E-state index contributed by atoms with van der Waals surface area (Å²) in [6.45, 7) is 20.9. The van der Waals surface area contributed by atoms with E-state index in [1.54, 1.807) is 18.2 Å². The van der Waals surface area contributed by atoms with Crippen LogP contribution in [0.5, 0.6) is 0 Å². The van der Waals surface area contributed by atoms with Crippen LogP contribution in [-0.4, -0.2) is 4.90 Å². The summed E-state index contributed by atoms with van der Waals surface area (Å²) in [4.78, 5) is 1.86. The quantitative estimate of drug-likeness (QED) is 0.569. The van der Waals surface area contributed by atoms with Gasteiger partial charge in [-0.1, -0.05) is 45.0 Å². The van der Waals surface area contributed by atoms with Crippen LogP contribution in [0, 0.1) is 0 Å². The topological polar surface area (TPSA) is 3.24 Å². The van der Waals surface area contributed by atoms with Gasteiger partial charge >= 0.3 is 0 Å². The Morgan fingerprint density at radius 2 is 1.50 bits per heavy atom. The minimum absolute atomic E-state index is 0.746. The van der Waals surface area contributed by atoms with Crippen molar-refractivity contribution in [3.05, 3.63) is 86.4 Å². The molecular formula is C15H19N. The molecule has 0 aromatic rings. The van der Waals surface area contributed by atoms with E-state index in [1.165, 1.54) is 0 Å². The van der Waals surface area contributed by atoms with E-state index >= 15 is 0 Å². The highest BCUT2D eigenvalue weighted by Crippen LogP contribution is 2.20. The van der Waals surface area contributed by atoms with Crippen LogP contribution in [0.3, 0.4) is 0 Å². The van der Waals surface area contributed by atoms with Gasteiger partial charge < -0.3 is 4.90 Å². The fourth-order valence-corrected chi connectivity index (χ4v) is 1.19. The van der Waals surface area contributed by atoms with Gasteiger partial charge in [-0.3, -0.25) is 0 Å². The van der Waals surface area contributed by atoms with Gasteiger partial charge in [0.05, 0.1) is 0 Å². The van der Waals surface area contributed by atoms with Crippen LogP contribution < -0.4 is 0 Å². The van der Waals surface area contributed by atoms with Crippen molar-refractivity contribution in [1.82, 2.24) is 4.90 Å². The van der Waals surface area contributed by atoms with E-state index in [4.69, 9.17) is 0 Å². The van der Waals surface area contributed by atoms with Crippen molar-refractivity contribution in [2.75, 3.05) is 0 Å². The molecule has 0 N–H and O–H groups in total. The number of hydrogen-bond donors (Lipinski definition) is 0. The second-order valence-corrected chi connectivity index (χ2v) is 3.05. The second kappa shape index (κ2) is 7.30. The van der Waals surface area contributed by atoms with Crippen molar-refractivity contribution < 1.29 is 0 Å². The molecule has 1 heteroatoms. The third-order valence-corrected chi connectivity index (χ3v) is 1.93. The van der Waals surface area contributed by atoms with E-state index < -0.39 is 0 Å². The largest absolute Gasteiger partial charge is 0.312 e. The smallest absolute Gasteiger partial charge is 0.0457 e. The zero-order chi connectivity index (χ0) is 12.6. The average Bonchev–Trinajstić information content (AvgIpc) is 2.29. The number of allylic oxidation sites excluding steroid dienone is 6. The fraction of sp³-hybridized carbons (Fsp3) is 0.0667. The van der Waals surface area contributed by atoms with Gasteiger partial charge in [-0.2, -0.15) is 0 Å². The molecule has 0 aliphatic carbocycles. The summed E-state index contributed by atoms with van der Waals surface area (Å²) >= 11 is 0. The lowest BCUT2D eigenvalue weighted by molar-refractivity contribution is 0.584. The maximum atomic E-state index is 3.92. The molecule has 0 fully saturated rings. The molecule has 0 saturated carbocycles. The van der Waals surface area contributed by atoms with Crippen LogP contribution in [0.15, 0.2) is 86.4 Å². The maximum Gasteiger partial charge on any atom is 0.0457 e. The summed E-state index contributed by atoms with van der Waals surface area (Å²) in [5.74, 6) is 0. The molecule has 0 spiro atoms. The van der Waals surface area contributed by atoms with Crippen LogP contribution in [0.2, 0.25) is 0 Å². The van der Waals surface area contributed by atoms with Crippen LogP contribution in [0.1, 0.15) is 6.92 Å². The Hall–Kier alpha value is -2.02. The first-order valence-electron chi connectivity index (χ1n) is 5.00. The van der Waals surface area contributed by atoms with E-state index in [0.29, 0.717) is 0 Å². The molecule has 0 aliphatic rings. The fourth-order valence-electron chi connectivity index (χ4n) is 1.19. The Balaban J connectivity index is 5.44. The second-order valence-electron chi connectivity index (χ2n) is 3.05. The highest BCUT2D eigenvalue weighted by atomic mass is 15.1. The normalized spacial score (nSPS) is 10.9. The van der Waals surface area contributed by atoms with Gasteiger partial charge in [-0.15, -0.1) is 0 Å². The zero-order valence-corrected chi connectivity index (χ0v) is 9.95. The molecule has 0 rings (SSSR count). The summed E-state index contributed by atoms with van der Waals surface area (Å²) < 4.78 is 0. The van der Waals surface area contributed by atoms with Crippen molar-refractivity contribution in [2.24, 2.45) is 0 Å². The van der Waals surface area contributed by atoms with E-state index in [0.717, 1.165) is 17.1 Å². The molecule has 16 heavy (non-hydrogen) atoms. The molecule has 0 aromatic carbocycles. The van der Waals surface area contributed by atoms with Crippen molar-refractivity contribution in [3.63, 3.8) is 0 Å². The van der Waals surface area contributed by atoms with Crippen molar-refractivity contribution in [3.8, 4) is 0 Å². The van der Waals surface area contributed by atoms with Crippen LogP contribution in [-0.2, 0) is 0 Å². The lowest BCUT2D eigenvalue weighted by Gasteiger charge is -2.26. The Kier molecular flexibility index (Phi) is 6.37. The lowest BCUT2D eigenvalue weighted by Crippen LogP contribution is -2.17.